The fourth-order valence-electron chi connectivity index (χ4n) is 15.4. The molecule has 4 aromatic heterocycles. The lowest BCUT2D eigenvalue weighted by atomic mass is 9.99. The van der Waals surface area contributed by atoms with Gasteiger partial charge in [-0.15, -0.1) is 0 Å². The van der Waals surface area contributed by atoms with Crippen LogP contribution in [-0.2, 0) is 0 Å². The van der Waals surface area contributed by atoms with Gasteiger partial charge in [-0.2, -0.15) is 0 Å². The SMILES string of the molecule is c1ccc(-c2cccc(-c3ccc(-n4c5ccccc5c5cc(-c6ccc7c(c6)c6ccccc6n7-c6ccccc6)ccc54)cc3)c2)cc1.c1ccc(-n2c3ccccc3c3cc(-c4ccc5c(c4)c4ccccc4n5-c4ccc(-c5ccc6ccccc6c5)cc4)ccc32)cc1. The molecule has 0 amide bonds. The van der Waals surface area contributed by atoms with E-state index in [1.807, 2.05) is 0 Å². The minimum atomic E-state index is 1.15. The van der Waals surface area contributed by atoms with Crippen molar-refractivity contribution in [3.8, 4) is 78.4 Å². The Morgan fingerprint density at radius 2 is 0.367 bits per heavy atom. The second-order valence-corrected chi connectivity index (χ2v) is 25.6. The van der Waals surface area contributed by atoms with Crippen molar-refractivity contribution in [1.82, 2.24) is 18.3 Å². The molecule has 16 aromatic carbocycles. The van der Waals surface area contributed by atoms with E-state index in [0.29, 0.717) is 0 Å². The lowest BCUT2D eigenvalue weighted by Crippen LogP contribution is -1.94. The zero-order valence-electron chi connectivity index (χ0n) is 53.6. The summed E-state index contributed by atoms with van der Waals surface area (Å²) in [6.07, 6.45) is 0. The number of hydrogen-bond acceptors (Lipinski definition) is 0. The van der Waals surface area contributed by atoms with Crippen LogP contribution in [0.25, 0.3) is 176 Å². The molecule has 0 atom stereocenters. The van der Waals surface area contributed by atoms with E-state index in [9.17, 15) is 0 Å². The highest BCUT2D eigenvalue weighted by atomic mass is 15.0. The van der Waals surface area contributed by atoms with E-state index >= 15 is 0 Å². The first-order chi connectivity index (χ1) is 48.6. The Morgan fingerprint density at radius 3 is 0.745 bits per heavy atom. The molecular formula is C94H62N4. The molecule has 0 fully saturated rings. The second-order valence-electron chi connectivity index (χ2n) is 25.6. The van der Waals surface area contributed by atoms with Gasteiger partial charge in [0.25, 0.3) is 0 Å². The van der Waals surface area contributed by atoms with Crippen LogP contribution < -0.4 is 0 Å². The van der Waals surface area contributed by atoms with Crippen LogP contribution in [0, 0.1) is 0 Å². The third-order valence-corrected chi connectivity index (χ3v) is 20.0. The highest BCUT2D eigenvalue weighted by molar-refractivity contribution is 6.15. The molecule has 20 aromatic rings. The molecule has 0 unspecified atom stereocenters. The van der Waals surface area contributed by atoms with Gasteiger partial charge >= 0.3 is 0 Å². The Bertz CT molecular complexity index is 6450. The summed E-state index contributed by atoms with van der Waals surface area (Å²) in [6, 6.07) is 137. The number of para-hydroxylation sites is 6. The van der Waals surface area contributed by atoms with Crippen LogP contribution in [0.1, 0.15) is 0 Å². The van der Waals surface area contributed by atoms with Gasteiger partial charge < -0.3 is 18.3 Å². The fraction of sp³-hybridized carbons (Fsp3) is 0. The third-order valence-electron chi connectivity index (χ3n) is 20.0. The van der Waals surface area contributed by atoms with E-state index < -0.39 is 0 Å². The van der Waals surface area contributed by atoms with Crippen LogP contribution in [0.15, 0.2) is 376 Å². The Hall–Kier alpha value is -13.0. The summed E-state index contributed by atoms with van der Waals surface area (Å²) >= 11 is 0. The van der Waals surface area contributed by atoms with Gasteiger partial charge in [0.1, 0.15) is 0 Å². The normalized spacial score (nSPS) is 11.7. The van der Waals surface area contributed by atoms with E-state index in [1.54, 1.807) is 0 Å². The lowest BCUT2D eigenvalue weighted by Gasteiger charge is -2.11. The van der Waals surface area contributed by atoms with Crippen molar-refractivity contribution in [2.24, 2.45) is 0 Å². The minimum Gasteiger partial charge on any atom is -0.309 e. The molecule has 4 nitrogen and oxygen atoms in total. The van der Waals surface area contributed by atoms with Crippen LogP contribution in [0.4, 0.5) is 0 Å². The van der Waals surface area contributed by atoms with Crippen LogP contribution in [-0.4, -0.2) is 18.3 Å². The van der Waals surface area contributed by atoms with Crippen LogP contribution >= 0.6 is 0 Å². The van der Waals surface area contributed by atoms with Crippen LogP contribution in [0.3, 0.4) is 0 Å². The molecular weight excluding hydrogens is 1190 g/mol. The van der Waals surface area contributed by atoms with E-state index in [0.717, 1.165) is 11.4 Å². The number of aromatic nitrogens is 4. The number of hydrogen-bond donors (Lipinski definition) is 0. The highest BCUT2D eigenvalue weighted by Gasteiger charge is 2.20. The Kier molecular flexibility index (Phi) is 13.5. The van der Waals surface area contributed by atoms with Crippen molar-refractivity contribution < 1.29 is 0 Å². The van der Waals surface area contributed by atoms with Gasteiger partial charge in [-0.3, -0.25) is 0 Å². The van der Waals surface area contributed by atoms with E-state index in [4.69, 9.17) is 0 Å². The summed E-state index contributed by atoms with van der Waals surface area (Å²) in [5.41, 5.74) is 26.6. The molecule has 4 heterocycles. The summed E-state index contributed by atoms with van der Waals surface area (Å²) < 4.78 is 9.54. The number of rotatable bonds is 9. The molecule has 0 aliphatic heterocycles. The molecule has 0 spiro atoms. The predicted molar refractivity (Wildman–Crippen MR) is 415 cm³/mol. The van der Waals surface area contributed by atoms with Gasteiger partial charge in [-0.1, -0.05) is 243 Å². The first-order valence-corrected chi connectivity index (χ1v) is 33.7. The van der Waals surface area contributed by atoms with E-state index in [2.05, 4.69) is 394 Å². The quantitative estimate of drug-likeness (QED) is 0.137. The summed E-state index contributed by atoms with van der Waals surface area (Å²) in [4.78, 5) is 0. The smallest absolute Gasteiger partial charge is 0.0541 e. The molecule has 0 radical (unpaired) electrons. The minimum absolute atomic E-state index is 1.15. The van der Waals surface area contributed by atoms with Gasteiger partial charge in [0.05, 0.1) is 44.1 Å². The maximum Gasteiger partial charge on any atom is 0.0541 e. The lowest BCUT2D eigenvalue weighted by molar-refractivity contribution is 1.18. The summed E-state index contributed by atoms with van der Waals surface area (Å²) in [7, 11) is 0. The molecule has 0 saturated carbocycles. The highest BCUT2D eigenvalue weighted by Crippen LogP contribution is 2.42. The van der Waals surface area contributed by atoms with Crippen molar-refractivity contribution >= 4 is 98.0 Å². The molecule has 0 aliphatic rings. The molecule has 98 heavy (non-hydrogen) atoms. The predicted octanol–water partition coefficient (Wildman–Crippen LogP) is 25.2. The largest absolute Gasteiger partial charge is 0.309 e. The van der Waals surface area contributed by atoms with Gasteiger partial charge in [-0.25, -0.2) is 0 Å². The van der Waals surface area contributed by atoms with Gasteiger partial charge in [0, 0.05) is 65.8 Å². The fourth-order valence-corrected chi connectivity index (χ4v) is 15.4. The van der Waals surface area contributed by atoms with E-state index in [-0.39, 0.29) is 0 Å². The third kappa shape index (κ3) is 9.60. The zero-order valence-corrected chi connectivity index (χ0v) is 53.6. The van der Waals surface area contributed by atoms with Gasteiger partial charge in [0.2, 0.25) is 0 Å². The molecule has 0 saturated heterocycles. The molecule has 0 N–H and O–H groups in total. The average Bonchev–Trinajstić information content (AvgIpc) is 1.59. The first kappa shape index (κ1) is 56.5. The van der Waals surface area contributed by atoms with Crippen molar-refractivity contribution in [2.45, 2.75) is 0 Å². The Balaban J connectivity index is 0.000000137. The monoisotopic (exact) mass is 1250 g/mol. The average molecular weight is 1250 g/mol. The van der Waals surface area contributed by atoms with Gasteiger partial charge in [-0.05, 0) is 200 Å². The number of benzene rings is 16. The number of nitrogens with zero attached hydrogens (tertiary/aromatic N) is 4. The maximum atomic E-state index is 2.40. The first-order valence-electron chi connectivity index (χ1n) is 33.7. The zero-order chi connectivity index (χ0) is 64.6. The van der Waals surface area contributed by atoms with Crippen LogP contribution in [0.2, 0.25) is 0 Å². The second kappa shape index (κ2) is 23.5. The Morgan fingerprint density at radius 1 is 0.122 bits per heavy atom. The summed E-state index contributed by atoms with van der Waals surface area (Å²) in [6.45, 7) is 0. The van der Waals surface area contributed by atoms with Crippen molar-refractivity contribution in [1.29, 1.82) is 0 Å². The van der Waals surface area contributed by atoms with Gasteiger partial charge in [0.15, 0.2) is 0 Å². The maximum absolute atomic E-state index is 2.40. The molecule has 0 aliphatic carbocycles. The standard InChI is InChI=1S/C48H32N2.C46H30N2/c1-3-12-33(13-4-1)35-14-11-15-36(30-35)34-22-26-40(27-23-34)50-46-21-10-8-19-42(46)44-32-38(25-29-48(44)50)37-24-28-47-43(31-37)41-18-7-9-20-45(41)49(47)39-16-5-2-6-17-39;1-2-12-37(13-3-1)47-43-16-8-6-14-39(43)41-29-35(22-26-45(41)47)36-23-27-46-42(30-36)40-15-7-9-17-44(40)48(46)38-24-20-32(21-25-38)34-19-18-31-10-4-5-11-33(31)28-34/h1-32H;1-30H. The van der Waals surface area contributed by atoms with Crippen molar-refractivity contribution in [3.05, 3.63) is 376 Å². The summed E-state index contributed by atoms with van der Waals surface area (Å²) in [5, 5.41) is 12.6. The van der Waals surface area contributed by atoms with Crippen molar-refractivity contribution in [3.63, 3.8) is 0 Å². The molecule has 20 rings (SSSR count). The molecule has 4 heteroatoms. The van der Waals surface area contributed by atoms with E-state index in [1.165, 1.54) is 165 Å². The topological polar surface area (TPSA) is 19.7 Å². The van der Waals surface area contributed by atoms with Crippen LogP contribution in [0.5, 0.6) is 0 Å². The summed E-state index contributed by atoms with van der Waals surface area (Å²) in [5.74, 6) is 0. The molecule has 458 valence electrons. The molecule has 0 bridgehead atoms. The Labute approximate surface area is 567 Å². The number of fused-ring (bicyclic) bond motifs is 13. The van der Waals surface area contributed by atoms with Crippen molar-refractivity contribution in [2.75, 3.05) is 0 Å².